The van der Waals surface area contributed by atoms with Gasteiger partial charge in [-0.25, -0.2) is 0 Å². The van der Waals surface area contributed by atoms with E-state index in [4.69, 9.17) is 10.5 Å². The number of ether oxygens (including phenoxy) is 1. The van der Waals surface area contributed by atoms with Crippen LogP contribution in [0, 0.1) is 0 Å². The van der Waals surface area contributed by atoms with Gasteiger partial charge in [0.2, 0.25) is 5.91 Å². The van der Waals surface area contributed by atoms with Crippen LogP contribution in [0.4, 0.5) is 0 Å². The second kappa shape index (κ2) is 9.50. The Bertz CT molecular complexity index is 381. The molecule has 4 nitrogen and oxygen atoms in total. The molecule has 3 N–H and O–H groups in total. The van der Waals surface area contributed by atoms with Crippen molar-refractivity contribution < 1.29 is 9.53 Å². The molecule has 20 heavy (non-hydrogen) atoms. The Morgan fingerprint density at radius 2 is 2.00 bits per heavy atom. The number of nitrogens with one attached hydrogen (secondary N) is 1. The summed E-state index contributed by atoms with van der Waals surface area (Å²) < 4.78 is 4.97. The maximum absolute atomic E-state index is 12.1. The molecule has 1 rings (SSSR count). The molecule has 0 aliphatic heterocycles. The highest BCUT2D eigenvalue weighted by atomic mass is 16.5. The molecular weight excluding hydrogens is 252 g/mol. The highest BCUT2D eigenvalue weighted by Crippen LogP contribution is 2.18. The summed E-state index contributed by atoms with van der Waals surface area (Å²) in [6.07, 6.45) is 3.38. The third-order valence-electron chi connectivity index (χ3n) is 3.30. The van der Waals surface area contributed by atoms with Gasteiger partial charge in [0.15, 0.2) is 0 Å². The van der Waals surface area contributed by atoms with Crippen LogP contribution >= 0.6 is 0 Å². The lowest BCUT2D eigenvalue weighted by atomic mass is 10.0. The molecule has 2 atom stereocenters. The lowest BCUT2D eigenvalue weighted by Crippen LogP contribution is -2.42. The van der Waals surface area contributed by atoms with Gasteiger partial charge in [-0.1, -0.05) is 43.7 Å². The smallest absolute Gasteiger partial charge is 0.237 e. The lowest BCUT2D eigenvalue weighted by molar-refractivity contribution is -0.123. The van der Waals surface area contributed by atoms with Gasteiger partial charge in [0, 0.05) is 13.7 Å². The zero-order valence-corrected chi connectivity index (χ0v) is 12.5. The fraction of sp³-hybridized carbons (Fsp3) is 0.562. The van der Waals surface area contributed by atoms with Gasteiger partial charge in [0.1, 0.15) is 0 Å². The molecule has 0 saturated carbocycles. The first-order valence-electron chi connectivity index (χ1n) is 7.28. The van der Waals surface area contributed by atoms with Crippen molar-refractivity contribution in [2.45, 2.75) is 44.7 Å². The monoisotopic (exact) mass is 278 g/mol. The van der Waals surface area contributed by atoms with E-state index in [9.17, 15) is 4.79 Å². The van der Waals surface area contributed by atoms with Crippen molar-refractivity contribution in [2.24, 2.45) is 5.73 Å². The van der Waals surface area contributed by atoms with Gasteiger partial charge in [0.25, 0.3) is 0 Å². The molecule has 0 aliphatic carbocycles. The minimum Gasteiger partial charge on any atom is -0.385 e. The molecule has 0 aromatic heterocycles. The average Bonchev–Trinajstić information content (AvgIpc) is 2.47. The Morgan fingerprint density at radius 1 is 1.30 bits per heavy atom. The van der Waals surface area contributed by atoms with Gasteiger partial charge in [-0.05, 0) is 24.8 Å². The molecule has 0 bridgehead atoms. The predicted molar refractivity (Wildman–Crippen MR) is 81.3 cm³/mol. The highest BCUT2D eigenvalue weighted by molar-refractivity contribution is 5.81. The number of amides is 1. The minimum absolute atomic E-state index is 0.0437. The lowest BCUT2D eigenvalue weighted by Gasteiger charge is -2.21. The molecule has 112 valence electrons. The Balaban J connectivity index is 2.55. The van der Waals surface area contributed by atoms with Gasteiger partial charge in [-0.2, -0.15) is 0 Å². The molecule has 4 heteroatoms. The van der Waals surface area contributed by atoms with E-state index in [2.05, 4.69) is 12.2 Å². The van der Waals surface area contributed by atoms with Crippen LogP contribution in [-0.4, -0.2) is 25.7 Å². The highest BCUT2D eigenvalue weighted by Gasteiger charge is 2.18. The van der Waals surface area contributed by atoms with E-state index in [1.807, 2.05) is 30.3 Å². The molecule has 0 aliphatic rings. The van der Waals surface area contributed by atoms with Crippen LogP contribution in [0.25, 0.3) is 0 Å². The normalized spacial score (nSPS) is 13.8. The van der Waals surface area contributed by atoms with Crippen LogP contribution in [0.1, 0.15) is 44.2 Å². The number of methoxy groups -OCH3 is 1. The van der Waals surface area contributed by atoms with E-state index < -0.39 is 6.04 Å². The van der Waals surface area contributed by atoms with Crippen molar-refractivity contribution in [1.29, 1.82) is 0 Å². The topological polar surface area (TPSA) is 64.4 Å². The van der Waals surface area contributed by atoms with Crippen molar-refractivity contribution in [3.63, 3.8) is 0 Å². The fourth-order valence-electron chi connectivity index (χ4n) is 2.15. The number of hydrogen-bond acceptors (Lipinski definition) is 3. The number of nitrogens with two attached hydrogens (primary N) is 1. The van der Waals surface area contributed by atoms with Gasteiger partial charge in [-0.3, -0.25) is 4.79 Å². The SMILES string of the molecule is CCCC(NC(=O)C(N)CCCOC)c1ccccc1. The van der Waals surface area contributed by atoms with Gasteiger partial charge in [0.05, 0.1) is 12.1 Å². The quantitative estimate of drug-likeness (QED) is 0.682. The van der Waals surface area contributed by atoms with Crippen molar-refractivity contribution >= 4 is 5.91 Å². The summed E-state index contributed by atoms with van der Waals surface area (Å²) >= 11 is 0. The van der Waals surface area contributed by atoms with Crippen molar-refractivity contribution in [3.8, 4) is 0 Å². The largest absolute Gasteiger partial charge is 0.385 e. The summed E-state index contributed by atoms with van der Waals surface area (Å²) in [4.78, 5) is 12.1. The number of carbonyl (C=O) groups is 1. The first-order chi connectivity index (χ1) is 9.69. The number of carbonyl (C=O) groups excluding carboxylic acids is 1. The standard InChI is InChI=1S/C16H26N2O2/c1-3-8-15(13-9-5-4-6-10-13)18-16(19)14(17)11-7-12-20-2/h4-6,9-10,14-15H,3,7-8,11-12,17H2,1-2H3,(H,18,19). The molecule has 0 fully saturated rings. The Morgan fingerprint density at radius 3 is 2.60 bits per heavy atom. The zero-order chi connectivity index (χ0) is 14.8. The van der Waals surface area contributed by atoms with E-state index in [1.54, 1.807) is 7.11 Å². The van der Waals surface area contributed by atoms with E-state index >= 15 is 0 Å². The van der Waals surface area contributed by atoms with E-state index in [-0.39, 0.29) is 11.9 Å². The molecule has 0 saturated heterocycles. The van der Waals surface area contributed by atoms with Crippen LogP contribution in [0.2, 0.25) is 0 Å². The first kappa shape index (κ1) is 16.7. The van der Waals surface area contributed by atoms with Crippen LogP contribution in [0.5, 0.6) is 0 Å². The van der Waals surface area contributed by atoms with Crippen molar-refractivity contribution in [1.82, 2.24) is 5.32 Å². The van der Waals surface area contributed by atoms with Crippen LogP contribution in [0.3, 0.4) is 0 Å². The molecule has 1 aromatic carbocycles. The molecule has 0 spiro atoms. The molecule has 1 amide bonds. The number of benzene rings is 1. The van der Waals surface area contributed by atoms with E-state index in [1.165, 1.54) is 0 Å². The Kier molecular flexibility index (Phi) is 7.92. The third-order valence-corrected chi connectivity index (χ3v) is 3.30. The maximum Gasteiger partial charge on any atom is 0.237 e. The number of rotatable bonds is 9. The predicted octanol–water partition coefficient (Wildman–Crippen LogP) is 2.40. The maximum atomic E-state index is 12.1. The van der Waals surface area contributed by atoms with Crippen molar-refractivity contribution in [2.75, 3.05) is 13.7 Å². The van der Waals surface area contributed by atoms with Gasteiger partial charge < -0.3 is 15.8 Å². The summed E-state index contributed by atoms with van der Waals surface area (Å²) in [7, 11) is 1.65. The third kappa shape index (κ3) is 5.72. The Labute approximate surface area is 121 Å². The second-order valence-electron chi connectivity index (χ2n) is 5.00. The first-order valence-corrected chi connectivity index (χ1v) is 7.28. The number of hydrogen-bond donors (Lipinski definition) is 2. The molecule has 1 aromatic rings. The van der Waals surface area contributed by atoms with E-state index in [0.29, 0.717) is 13.0 Å². The molecular formula is C16H26N2O2. The van der Waals surface area contributed by atoms with E-state index in [0.717, 1.165) is 24.8 Å². The van der Waals surface area contributed by atoms with Crippen LogP contribution in [-0.2, 0) is 9.53 Å². The molecule has 2 unspecified atom stereocenters. The average molecular weight is 278 g/mol. The van der Waals surface area contributed by atoms with Gasteiger partial charge >= 0.3 is 0 Å². The molecule has 0 radical (unpaired) electrons. The van der Waals surface area contributed by atoms with Gasteiger partial charge in [-0.15, -0.1) is 0 Å². The van der Waals surface area contributed by atoms with Crippen LogP contribution in [0.15, 0.2) is 30.3 Å². The fourth-order valence-corrected chi connectivity index (χ4v) is 2.15. The summed E-state index contributed by atoms with van der Waals surface area (Å²) in [6, 6.07) is 9.61. The summed E-state index contributed by atoms with van der Waals surface area (Å²) in [5, 5.41) is 3.06. The summed E-state index contributed by atoms with van der Waals surface area (Å²) in [5.41, 5.74) is 7.04. The van der Waals surface area contributed by atoms with Crippen molar-refractivity contribution in [3.05, 3.63) is 35.9 Å². The second-order valence-corrected chi connectivity index (χ2v) is 5.00. The minimum atomic E-state index is -0.465. The Hall–Kier alpha value is -1.39. The molecule has 0 heterocycles. The van der Waals surface area contributed by atoms with Crippen LogP contribution < -0.4 is 11.1 Å². The summed E-state index contributed by atoms with van der Waals surface area (Å²) in [6.45, 7) is 2.75. The summed E-state index contributed by atoms with van der Waals surface area (Å²) in [5.74, 6) is -0.0802. The zero-order valence-electron chi connectivity index (χ0n) is 12.5.